The van der Waals surface area contributed by atoms with Crippen LogP contribution in [0.1, 0.15) is 33.6 Å². The Kier molecular flexibility index (Phi) is 4.17. The van der Waals surface area contributed by atoms with Gasteiger partial charge in [0.25, 0.3) is 0 Å². The molecule has 1 N–H and O–H groups in total. The fourth-order valence-electron chi connectivity index (χ4n) is 4.32. The van der Waals surface area contributed by atoms with Crippen molar-refractivity contribution in [2.75, 3.05) is 13.1 Å². The van der Waals surface area contributed by atoms with E-state index in [9.17, 15) is 14.4 Å². The lowest BCUT2D eigenvalue weighted by atomic mass is 9.63. The Labute approximate surface area is 136 Å². The van der Waals surface area contributed by atoms with E-state index in [0.29, 0.717) is 13.1 Å². The third-order valence-corrected chi connectivity index (χ3v) is 5.56. The van der Waals surface area contributed by atoms with Crippen molar-refractivity contribution in [3.05, 3.63) is 12.2 Å². The van der Waals surface area contributed by atoms with E-state index in [0.717, 1.165) is 12.8 Å². The van der Waals surface area contributed by atoms with Crippen LogP contribution in [0.15, 0.2) is 12.2 Å². The molecule has 1 saturated heterocycles. The lowest BCUT2D eigenvalue weighted by Crippen LogP contribution is -2.53. The Bertz CT molecular complexity index is 523. The Balaban J connectivity index is 1.75. The van der Waals surface area contributed by atoms with Crippen molar-refractivity contribution in [1.29, 1.82) is 0 Å². The minimum Gasteiger partial charge on any atom is -0.325 e. The van der Waals surface area contributed by atoms with Crippen molar-refractivity contribution in [3.63, 3.8) is 0 Å². The molecular formula is C17H25N3O3. The lowest BCUT2D eigenvalue weighted by Gasteiger charge is -2.38. The number of hydrogen-bond donors (Lipinski definition) is 1. The van der Waals surface area contributed by atoms with Gasteiger partial charge in [-0.1, -0.05) is 12.2 Å². The van der Waals surface area contributed by atoms with E-state index in [1.807, 2.05) is 13.8 Å². The number of fused-ring (bicyclic) bond motifs is 1. The van der Waals surface area contributed by atoms with Gasteiger partial charge in [-0.2, -0.15) is 0 Å². The summed E-state index contributed by atoms with van der Waals surface area (Å²) >= 11 is 0. The highest BCUT2D eigenvalue weighted by molar-refractivity contribution is 6.06. The minimum absolute atomic E-state index is 0.119. The number of likely N-dealkylation sites (tertiary alicyclic amines) is 1. The monoisotopic (exact) mass is 319 g/mol. The molecule has 0 aromatic rings. The molecule has 2 fully saturated rings. The van der Waals surface area contributed by atoms with Crippen LogP contribution in [0.3, 0.4) is 0 Å². The Morgan fingerprint density at radius 3 is 2.04 bits per heavy atom. The van der Waals surface area contributed by atoms with Crippen LogP contribution in [0, 0.1) is 23.7 Å². The van der Waals surface area contributed by atoms with Gasteiger partial charge in [-0.15, -0.1) is 0 Å². The second-order valence-electron chi connectivity index (χ2n) is 6.69. The third-order valence-electron chi connectivity index (χ3n) is 5.56. The molecule has 0 spiro atoms. The molecule has 0 radical (unpaired) electrons. The molecule has 4 aliphatic rings. The number of nitrogens with zero attached hydrogens (tertiary/aromatic N) is 2. The normalized spacial score (nSPS) is 32.9. The van der Waals surface area contributed by atoms with Crippen molar-refractivity contribution in [1.82, 2.24) is 15.1 Å². The van der Waals surface area contributed by atoms with E-state index in [2.05, 4.69) is 17.5 Å². The van der Waals surface area contributed by atoms with Crippen LogP contribution in [-0.4, -0.2) is 46.9 Å². The fourth-order valence-corrected chi connectivity index (χ4v) is 4.32. The van der Waals surface area contributed by atoms with Gasteiger partial charge in [0, 0.05) is 13.1 Å². The predicted molar refractivity (Wildman–Crippen MR) is 85.1 cm³/mol. The van der Waals surface area contributed by atoms with Crippen LogP contribution in [0.25, 0.3) is 0 Å². The summed E-state index contributed by atoms with van der Waals surface area (Å²) in [5.41, 5.74) is 0. The summed E-state index contributed by atoms with van der Waals surface area (Å²) in [7, 11) is 0. The molecule has 6 nitrogen and oxygen atoms in total. The topological polar surface area (TPSA) is 69.7 Å². The zero-order chi connectivity index (χ0) is 16.7. The SMILES string of the molecule is CCN(CC)C(=O)N[C@H](C)N1C(=O)[C@@H]2[C@@H](C1=O)[C@H]1C=C[C@H]2CC1. The van der Waals surface area contributed by atoms with Gasteiger partial charge in [0.1, 0.15) is 6.17 Å². The van der Waals surface area contributed by atoms with Crippen LogP contribution in [0.2, 0.25) is 0 Å². The third kappa shape index (κ3) is 2.44. The van der Waals surface area contributed by atoms with Crippen LogP contribution >= 0.6 is 0 Å². The smallest absolute Gasteiger partial charge is 0.318 e. The number of amides is 4. The molecule has 4 rings (SSSR count). The quantitative estimate of drug-likeness (QED) is 0.632. The molecule has 0 aromatic heterocycles. The highest BCUT2D eigenvalue weighted by Crippen LogP contribution is 2.49. The van der Waals surface area contributed by atoms with E-state index in [4.69, 9.17) is 0 Å². The second-order valence-corrected chi connectivity index (χ2v) is 6.69. The molecule has 3 aliphatic carbocycles. The number of hydrogen-bond acceptors (Lipinski definition) is 3. The zero-order valence-corrected chi connectivity index (χ0v) is 14.0. The van der Waals surface area contributed by atoms with E-state index in [1.165, 1.54) is 4.90 Å². The summed E-state index contributed by atoms with van der Waals surface area (Å²) in [5, 5.41) is 2.80. The maximum atomic E-state index is 12.8. The molecule has 4 amide bonds. The number of nitrogens with one attached hydrogen (secondary N) is 1. The largest absolute Gasteiger partial charge is 0.325 e. The first-order valence-electron chi connectivity index (χ1n) is 8.60. The minimum atomic E-state index is -0.604. The molecule has 0 aromatic carbocycles. The first kappa shape index (κ1) is 16.0. The Morgan fingerprint density at radius 2 is 1.65 bits per heavy atom. The van der Waals surface area contributed by atoms with Gasteiger partial charge < -0.3 is 10.2 Å². The van der Waals surface area contributed by atoms with E-state index < -0.39 is 6.17 Å². The summed E-state index contributed by atoms with van der Waals surface area (Å²) in [4.78, 5) is 40.7. The van der Waals surface area contributed by atoms with Crippen molar-refractivity contribution in [2.24, 2.45) is 23.7 Å². The summed E-state index contributed by atoms with van der Waals surface area (Å²) in [6.45, 7) is 6.70. The van der Waals surface area contributed by atoms with Crippen LogP contribution < -0.4 is 5.32 Å². The molecule has 2 bridgehead atoms. The Hall–Kier alpha value is -1.85. The first-order chi connectivity index (χ1) is 11.0. The second kappa shape index (κ2) is 5.98. The number of carbonyl (C=O) groups excluding carboxylic acids is 3. The predicted octanol–water partition coefficient (Wildman–Crippen LogP) is 1.58. The van der Waals surface area contributed by atoms with Crippen LogP contribution in [0.5, 0.6) is 0 Å². The first-order valence-corrected chi connectivity index (χ1v) is 8.60. The standard InChI is InChI=1S/C17H25N3O3/c1-4-19(5-2)17(23)18-10(3)20-15(21)13-11-6-7-12(9-8-11)14(13)16(20)22/h6-7,10-14H,4-5,8-9H2,1-3H3,(H,18,23)/t10-,11-,12-,13-,14-/m0/s1. The van der Waals surface area contributed by atoms with Crippen molar-refractivity contribution in [2.45, 2.75) is 39.8 Å². The fraction of sp³-hybridized carbons (Fsp3) is 0.706. The number of carbonyl (C=O) groups is 3. The number of urea groups is 1. The summed E-state index contributed by atoms with van der Waals surface area (Å²) in [5.74, 6) is -0.329. The number of allylic oxidation sites excluding steroid dienone is 2. The van der Waals surface area contributed by atoms with Crippen molar-refractivity contribution in [3.8, 4) is 0 Å². The van der Waals surface area contributed by atoms with Gasteiger partial charge in [0.05, 0.1) is 11.8 Å². The average Bonchev–Trinajstić information content (AvgIpc) is 2.83. The van der Waals surface area contributed by atoms with Crippen molar-refractivity contribution < 1.29 is 14.4 Å². The maximum Gasteiger partial charge on any atom is 0.318 e. The number of rotatable bonds is 4. The summed E-state index contributed by atoms with van der Waals surface area (Å²) in [6, 6.07) is -0.237. The summed E-state index contributed by atoms with van der Waals surface area (Å²) in [6.07, 6.45) is 5.56. The van der Waals surface area contributed by atoms with Gasteiger partial charge in [-0.05, 0) is 45.4 Å². The highest BCUT2D eigenvalue weighted by Gasteiger charge is 2.57. The van der Waals surface area contributed by atoms with Crippen LogP contribution in [-0.2, 0) is 9.59 Å². The molecule has 0 unspecified atom stereocenters. The molecule has 6 heteroatoms. The van der Waals surface area contributed by atoms with Crippen molar-refractivity contribution >= 4 is 17.8 Å². The molecule has 1 saturated carbocycles. The molecule has 23 heavy (non-hydrogen) atoms. The molecule has 1 heterocycles. The lowest BCUT2D eigenvalue weighted by molar-refractivity contribution is -0.142. The number of imide groups is 1. The molecule has 1 aliphatic heterocycles. The van der Waals surface area contributed by atoms with Gasteiger partial charge in [-0.3, -0.25) is 14.5 Å². The average molecular weight is 319 g/mol. The van der Waals surface area contributed by atoms with E-state index >= 15 is 0 Å². The zero-order valence-electron chi connectivity index (χ0n) is 14.0. The van der Waals surface area contributed by atoms with E-state index in [1.54, 1.807) is 11.8 Å². The molecular weight excluding hydrogens is 294 g/mol. The summed E-state index contributed by atoms with van der Waals surface area (Å²) < 4.78 is 0. The molecule has 5 atom stereocenters. The maximum absolute atomic E-state index is 12.8. The van der Waals surface area contributed by atoms with Gasteiger partial charge >= 0.3 is 6.03 Å². The highest BCUT2D eigenvalue weighted by atomic mass is 16.2. The van der Waals surface area contributed by atoms with E-state index in [-0.39, 0.29) is 41.5 Å². The Morgan fingerprint density at radius 1 is 1.17 bits per heavy atom. The van der Waals surface area contributed by atoms with Crippen LogP contribution in [0.4, 0.5) is 4.79 Å². The van der Waals surface area contributed by atoms with Gasteiger partial charge in [-0.25, -0.2) is 4.79 Å². The van der Waals surface area contributed by atoms with Gasteiger partial charge in [0.15, 0.2) is 0 Å². The molecule has 126 valence electrons. The van der Waals surface area contributed by atoms with Gasteiger partial charge in [0.2, 0.25) is 11.8 Å².